The van der Waals surface area contributed by atoms with Crippen LogP contribution in [0.5, 0.6) is 5.75 Å². The summed E-state index contributed by atoms with van der Waals surface area (Å²) in [6, 6.07) is 20.9. The molecule has 0 saturated carbocycles. The number of imidazole rings is 1. The van der Waals surface area contributed by atoms with E-state index >= 15 is 0 Å². The first-order chi connectivity index (χ1) is 15.5. The number of amides is 1. The van der Waals surface area contributed by atoms with Gasteiger partial charge in [-0.2, -0.15) is 0 Å². The Hall–Kier alpha value is -3.02. The van der Waals surface area contributed by atoms with Gasteiger partial charge in [-0.15, -0.1) is 0 Å². The van der Waals surface area contributed by atoms with E-state index in [0.29, 0.717) is 36.0 Å². The van der Waals surface area contributed by atoms with E-state index in [2.05, 4.69) is 9.88 Å². The number of halogens is 2. The molecule has 32 heavy (non-hydrogen) atoms. The second-order valence-electron chi connectivity index (χ2n) is 7.43. The van der Waals surface area contributed by atoms with Gasteiger partial charge in [-0.1, -0.05) is 53.5 Å². The van der Waals surface area contributed by atoms with E-state index in [1.54, 1.807) is 7.11 Å². The summed E-state index contributed by atoms with van der Waals surface area (Å²) in [5.41, 5.74) is 3.69. The molecular formula is C25H23Cl2N3O2. The number of para-hydroxylation sites is 2. The molecule has 0 aliphatic carbocycles. The third-order valence-corrected chi connectivity index (χ3v) is 6.01. The van der Waals surface area contributed by atoms with Crippen molar-refractivity contribution in [3.8, 4) is 5.75 Å². The van der Waals surface area contributed by atoms with Crippen molar-refractivity contribution in [3.63, 3.8) is 0 Å². The standard InChI is InChI=1S/C25H23Cl2N3O2/c1-32-18-11-9-17(10-12-18)15-25(31)28-14-13-24-29-22-7-2-3-8-23(22)30(24)16-19-20(26)5-4-6-21(19)27/h2-12H,13-16H2,1H3,(H,28,31). The number of methoxy groups -OCH3 is 1. The zero-order valence-corrected chi connectivity index (χ0v) is 19.2. The fourth-order valence-corrected chi connectivity index (χ4v) is 4.16. The molecule has 0 aliphatic rings. The summed E-state index contributed by atoms with van der Waals surface area (Å²) in [5.74, 6) is 1.60. The minimum atomic E-state index is -0.0352. The van der Waals surface area contributed by atoms with Crippen molar-refractivity contribution in [2.45, 2.75) is 19.4 Å². The van der Waals surface area contributed by atoms with E-state index in [9.17, 15) is 4.79 Å². The molecule has 1 aromatic heterocycles. The summed E-state index contributed by atoms with van der Waals surface area (Å²) in [6.07, 6.45) is 0.904. The molecule has 0 spiro atoms. The fraction of sp³-hybridized carbons (Fsp3) is 0.200. The molecule has 0 unspecified atom stereocenters. The van der Waals surface area contributed by atoms with E-state index in [1.165, 1.54) is 0 Å². The number of fused-ring (bicyclic) bond motifs is 1. The first-order valence-electron chi connectivity index (χ1n) is 10.3. The number of nitrogens with one attached hydrogen (secondary N) is 1. The van der Waals surface area contributed by atoms with Gasteiger partial charge < -0.3 is 14.6 Å². The molecular weight excluding hydrogens is 445 g/mol. The molecule has 0 bridgehead atoms. The Morgan fingerprint density at radius 3 is 2.44 bits per heavy atom. The van der Waals surface area contributed by atoms with Crippen molar-refractivity contribution >= 4 is 40.1 Å². The Bertz CT molecular complexity index is 1220. The number of hydrogen-bond donors (Lipinski definition) is 1. The van der Waals surface area contributed by atoms with Crippen LogP contribution in [0.4, 0.5) is 0 Å². The van der Waals surface area contributed by atoms with Crippen molar-refractivity contribution in [3.05, 3.63) is 93.7 Å². The first-order valence-corrected chi connectivity index (χ1v) is 11.1. The van der Waals surface area contributed by atoms with Gasteiger partial charge in [0.15, 0.2) is 0 Å². The molecule has 1 amide bonds. The highest BCUT2D eigenvalue weighted by Crippen LogP contribution is 2.27. The summed E-state index contributed by atoms with van der Waals surface area (Å²) in [6.45, 7) is 0.989. The van der Waals surface area contributed by atoms with Gasteiger partial charge in [0.25, 0.3) is 0 Å². The van der Waals surface area contributed by atoms with E-state index in [1.807, 2.05) is 66.7 Å². The molecule has 0 radical (unpaired) electrons. The highest BCUT2D eigenvalue weighted by atomic mass is 35.5. The van der Waals surface area contributed by atoms with Gasteiger partial charge in [-0.05, 0) is 42.0 Å². The lowest BCUT2D eigenvalue weighted by Crippen LogP contribution is -2.28. The zero-order chi connectivity index (χ0) is 22.5. The average Bonchev–Trinajstić information content (AvgIpc) is 3.14. The van der Waals surface area contributed by atoms with Crippen LogP contribution < -0.4 is 10.1 Å². The van der Waals surface area contributed by atoms with Crippen molar-refractivity contribution in [1.82, 2.24) is 14.9 Å². The zero-order valence-electron chi connectivity index (χ0n) is 17.6. The molecule has 1 heterocycles. The maximum Gasteiger partial charge on any atom is 0.224 e. The Balaban J connectivity index is 1.47. The Labute approximate surface area is 196 Å². The summed E-state index contributed by atoms with van der Waals surface area (Å²) in [5, 5.41) is 4.23. The van der Waals surface area contributed by atoms with Crippen molar-refractivity contribution in [2.24, 2.45) is 0 Å². The lowest BCUT2D eigenvalue weighted by atomic mass is 10.1. The number of benzene rings is 3. The van der Waals surface area contributed by atoms with Crippen LogP contribution in [0.3, 0.4) is 0 Å². The highest BCUT2D eigenvalue weighted by Gasteiger charge is 2.14. The molecule has 1 N–H and O–H groups in total. The largest absolute Gasteiger partial charge is 0.497 e. The maximum absolute atomic E-state index is 12.4. The third-order valence-electron chi connectivity index (χ3n) is 5.31. The van der Waals surface area contributed by atoms with Crippen molar-refractivity contribution < 1.29 is 9.53 Å². The predicted octanol–water partition coefficient (Wildman–Crippen LogP) is 5.30. The maximum atomic E-state index is 12.4. The van der Waals surface area contributed by atoms with E-state index in [-0.39, 0.29) is 5.91 Å². The number of carbonyl (C=O) groups excluding carboxylic acids is 1. The minimum absolute atomic E-state index is 0.0352. The van der Waals surface area contributed by atoms with Crippen LogP contribution in [-0.4, -0.2) is 29.1 Å². The average molecular weight is 468 g/mol. The molecule has 5 nitrogen and oxygen atoms in total. The number of hydrogen-bond acceptors (Lipinski definition) is 3. The van der Waals surface area contributed by atoms with Crippen molar-refractivity contribution in [2.75, 3.05) is 13.7 Å². The quantitative estimate of drug-likeness (QED) is 0.382. The Morgan fingerprint density at radius 2 is 1.72 bits per heavy atom. The van der Waals surface area contributed by atoms with Crippen LogP contribution in [0.1, 0.15) is 17.0 Å². The molecule has 0 atom stereocenters. The third kappa shape index (κ3) is 5.06. The Kier molecular flexibility index (Phi) is 6.98. The van der Waals surface area contributed by atoms with Gasteiger partial charge in [0, 0.05) is 28.6 Å². The monoisotopic (exact) mass is 467 g/mol. The van der Waals surface area contributed by atoms with Crippen LogP contribution in [0.15, 0.2) is 66.7 Å². The molecule has 164 valence electrons. The SMILES string of the molecule is COc1ccc(CC(=O)NCCc2nc3ccccc3n2Cc2c(Cl)cccc2Cl)cc1. The fourth-order valence-electron chi connectivity index (χ4n) is 3.64. The number of ether oxygens (including phenoxy) is 1. The summed E-state index contributed by atoms with van der Waals surface area (Å²) in [4.78, 5) is 17.2. The topological polar surface area (TPSA) is 56.1 Å². The van der Waals surface area contributed by atoms with Crippen molar-refractivity contribution in [1.29, 1.82) is 0 Å². The number of nitrogens with zero attached hydrogens (tertiary/aromatic N) is 2. The van der Waals surface area contributed by atoms with Crippen LogP contribution in [-0.2, 0) is 24.2 Å². The normalized spacial score (nSPS) is 11.0. The molecule has 0 aliphatic heterocycles. The van der Waals surface area contributed by atoms with E-state index in [0.717, 1.165) is 33.7 Å². The van der Waals surface area contributed by atoms with Crippen LogP contribution in [0, 0.1) is 0 Å². The van der Waals surface area contributed by atoms with Crippen LogP contribution in [0.25, 0.3) is 11.0 Å². The molecule has 0 fully saturated rings. The summed E-state index contributed by atoms with van der Waals surface area (Å²) < 4.78 is 7.26. The second-order valence-corrected chi connectivity index (χ2v) is 8.24. The summed E-state index contributed by atoms with van der Waals surface area (Å²) in [7, 11) is 1.62. The second kappa shape index (κ2) is 10.1. The molecule has 3 aromatic carbocycles. The smallest absolute Gasteiger partial charge is 0.224 e. The minimum Gasteiger partial charge on any atom is -0.497 e. The molecule has 4 aromatic rings. The van der Waals surface area contributed by atoms with Gasteiger partial charge in [-0.25, -0.2) is 4.98 Å². The predicted molar refractivity (Wildman–Crippen MR) is 129 cm³/mol. The van der Waals surface area contributed by atoms with Gasteiger partial charge in [-0.3, -0.25) is 4.79 Å². The first kappa shape index (κ1) is 22.2. The van der Waals surface area contributed by atoms with Gasteiger partial charge in [0.1, 0.15) is 11.6 Å². The molecule has 4 rings (SSSR count). The van der Waals surface area contributed by atoms with E-state index < -0.39 is 0 Å². The van der Waals surface area contributed by atoms with Gasteiger partial charge in [0.2, 0.25) is 5.91 Å². The lowest BCUT2D eigenvalue weighted by molar-refractivity contribution is -0.120. The summed E-state index contributed by atoms with van der Waals surface area (Å²) >= 11 is 12.8. The highest BCUT2D eigenvalue weighted by molar-refractivity contribution is 6.36. The number of carbonyl (C=O) groups is 1. The molecule has 7 heteroatoms. The van der Waals surface area contributed by atoms with Gasteiger partial charge in [0.05, 0.1) is 31.1 Å². The van der Waals surface area contributed by atoms with Crippen LogP contribution >= 0.6 is 23.2 Å². The number of aromatic nitrogens is 2. The molecule has 0 saturated heterocycles. The van der Waals surface area contributed by atoms with Gasteiger partial charge >= 0.3 is 0 Å². The van der Waals surface area contributed by atoms with Crippen LogP contribution in [0.2, 0.25) is 10.0 Å². The van der Waals surface area contributed by atoms with E-state index in [4.69, 9.17) is 32.9 Å². The lowest BCUT2D eigenvalue weighted by Gasteiger charge is -2.13. The number of rotatable bonds is 8. The Morgan fingerprint density at radius 1 is 1.00 bits per heavy atom.